The molecule has 0 spiro atoms. The van der Waals surface area contributed by atoms with Crippen LogP contribution in [0.3, 0.4) is 0 Å². The van der Waals surface area contributed by atoms with E-state index in [-0.39, 0.29) is 0 Å². The summed E-state index contributed by atoms with van der Waals surface area (Å²) in [5, 5.41) is 0.964. The molecule has 0 aliphatic carbocycles. The van der Waals surface area contributed by atoms with E-state index < -0.39 is 0 Å². The Bertz CT molecular complexity index is 2540. The maximum Gasteiger partial charge on any atom is 0.180 e. The molecule has 6 nitrogen and oxygen atoms in total. The van der Waals surface area contributed by atoms with E-state index >= 15 is 0 Å². The SMILES string of the molecule is c1ccc(-c2nc(-c3ccccc3)nc(-c3cccc(-c4cccc(-c5ncnc6c5oc5c(-c7ccccc7)cccc56)c4)c3)n2)cc1. The van der Waals surface area contributed by atoms with Crippen molar-refractivity contribution >= 4 is 22.1 Å². The van der Waals surface area contributed by atoms with E-state index in [1.54, 1.807) is 6.33 Å². The fraction of sp³-hybridized carbons (Fsp3) is 0. The fourth-order valence-corrected chi connectivity index (χ4v) is 6.27. The molecular formula is C43H27N5O. The summed E-state index contributed by atoms with van der Waals surface area (Å²) >= 11 is 0. The monoisotopic (exact) mass is 629 g/mol. The lowest BCUT2D eigenvalue weighted by molar-refractivity contribution is 0.668. The Balaban J connectivity index is 1.13. The molecule has 0 unspecified atom stereocenters. The molecule has 0 saturated heterocycles. The Kier molecular flexibility index (Phi) is 7.02. The third-order valence-corrected chi connectivity index (χ3v) is 8.65. The van der Waals surface area contributed by atoms with Crippen molar-refractivity contribution in [2.24, 2.45) is 0 Å². The maximum atomic E-state index is 6.59. The molecule has 6 aromatic carbocycles. The normalized spacial score (nSPS) is 11.3. The molecule has 0 fully saturated rings. The van der Waals surface area contributed by atoms with Crippen molar-refractivity contribution in [3.63, 3.8) is 0 Å². The van der Waals surface area contributed by atoms with E-state index in [4.69, 9.17) is 24.4 Å². The minimum atomic E-state index is 0.611. The number of para-hydroxylation sites is 1. The number of hydrogen-bond donors (Lipinski definition) is 0. The summed E-state index contributed by atoms with van der Waals surface area (Å²) in [5.74, 6) is 1.87. The predicted octanol–water partition coefficient (Wildman–Crippen LogP) is 10.6. The topological polar surface area (TPSA) is 77.6 Å². The smallest absolute Gasteiger partial charge is 0.180 e. The Hall–Kier alpha value is -6.79. The number of rotatable bonds is 6. The van der Waals surface area contributed by atoms with Gasteiger partial charge in [-0.15, -0.1) is 0 Å². The van der Waals surface area contributed by atoms with Gasteiger partial charge in [0.15, 0.2) is 23.1 Å². The maximum absolute atomic E-state index is 6.59. The number of hydrogen-bond acceptors (Lipinski definition) is 6. The summed E-state index contributed by atoms with van der Waals surface area (Å²) in [6.07, 6.45) is 1.62. The zero-order chi connectivity index (χ0) is 32.6. The molecule has 0 amide bonds. The van der Waals surface area contributed by atoms with Crippen LogP contribution >= 0.6 is 0 Å². The Morgan fingerprint density at radius 3 is 1.49 bits per heavy atom. The van der Waals surface area contributed by atoms with Gasteiger partial charge in [0.25, 0.3) is 0 Å². The van der Waals surface area contributed by atoms with Crippen LogP contribution in [-0.2, 0) is 0 Å². The third kappa shape index (κ3) is 5.31. The Morgan fingerprint density at radius 2 is 0.857 bits per heavy atom. The van der Waals surface area contributed by atoms with Gasteiger partial charge in [-0.05, 0) is 34.9 Å². The van der Waals surface area contributed by atoms with Gasteiger partial charge in [0.2, 0.25) is 0 Å². The first-order valence-electron chi connectivity index (χ1n) is 16.1. The molecule has 9 rings (SSSR count). The summed E-state index contributed by atoms with van der Waals surface area (Å²) in [4.78, 5) is 24.1. The van der Waals surface area contributed by atoms with E-state index in [0.29, 0.717) is 23.1 Å². The molecule has 3 aromatic heterocycles. The van der Waals surface area contributed by atoms with Crippen molar-refractivity contribution in [1.29, 1.82) is 0 Å². The number of furan rings is 1. The zero-order valence-corrected chi connectivity index (χ0v) is 26.2. The van der Waals surface area contributed by atoms with E-state index in [1.165, 1.54) is 0 Å². The molecule has 6 heteroatoms. The standard InChI is InChI=1S/C43H27N5O/c1-4-13-28(14-5-1)35-23-12-24-36-38-40(49-39(35)36)37(44-27-45-38)33-21-10-19-31(25-33)32-20-11-22-34(26-32)43-47-41(29-15-6-2-7-16-29)46-42(48-43)30-17-8-3-9-18-30/h1-27H. The van der Waals surface area contributed by atoms with Gasteiger partial charge >= 0.3 is 0 Å². The molecule has 9 aromatic rings. The van der Waals surface area contributed by atoms with Gasteiger partial charge in [-0.3, -0.25) is 0 Å². The summed E-state index contributed by atoms with van der Waals surface area (Å²) in [6.45, 7) is 0. The van der Waals surface area contributed by atoms with Gasteiger partial charge in [-0.1, -0.05) is 140 Å². The highest BCUT2D eigenvalue weighted by Crippen LogP contribution is 2.39. The molecule has 0 saturated carbocycles. The molecular weight excluding hydrogens is 603 g/mol. The molecule has 0 bridgehead atoms. The summed E-state index contributed by atoms with van der Waals surface area (Å²) in [7, 11) is 0. The first-order chi connectivity index (χ1) is 24.3. The van der Waals surface area contributed by atoms with E-state index in [1.807, 2.05) is 103 Å². The van der Waals surface area contributed by atoms with Crippen LogP contribution in [0.15, 0.2) is 168 Å². The first-order valence-corrected chi connectivity index (χ1v) is 16.1. The molecule has 49 heavy (non-hydrogen) atoms. The van der Waals surface area contributed by atoms with Gasteiger partial charge in [0.05, 0.1) is 0 Å². The second-order valence-electron chi connectivity index (χ2n) is 11.8. The minimum Gasteiger partial charge on any atom is -0.451 e. The molecule has 3 heterocycles. The second-order valence-corrected chi connectivity index (χ2v) is 11.8. The van der Waals surface area contributed by atoms with Crippen molar-refractivity contribution in [1.82, 2.24) is 24.9 Å². The van der Waals surface area contributed by atoms with Crippen LogP contribution in [0.1, 0.15) is 0 Å². The van der Waals surface area contributed by atoms with Gasteiger partial charge in [0.1, 0.15) is 23.1 Å². The third-order valence-electron chi connectivity index (χ3n) is 8.65. The van der Waals surface area contributed by atoms with Crippen LogP contribution in [0.5, 0.6) is 0 Å². The van der Waals surface area contributed by atoms with Crippen LogP contribution in [0.2, 0.25) is 0 Å². The first kappa shape index (κ1) is 28.4. The lowest BCUT2D eigenvalue weighted by Gasteiger charge is -2.10. The summed E-state index contributed by atoms with van der Waals surface area (Å²) < 4.78 is 6.59. The highest BCUT2D eigenvalue weighted by molar-refractivity contribution is 6.10. The van der Waals surface area contributed by atoms with Crippen LogP contribution in [0.25, 0.3) is 89.7 Å². The summed E-state index contributed by atoms with van der Waals surface area (Å²) in [6, 6.07) is 53.1. The number of nitrogens with zero attached hydrogens (tertiary/aromatic N) is 5. The minimum absolute atomic E-state index is 0.611. The quantitative estimate of drug-likeness (QED) is 0.182. The van der Waals surface area contributed by atoms with Crippen LogP contribution in [0, 0.1) is 0 Å². The highest BCUT2D eigenvalue weighted by Gasteiger charge is 2.18. The van der Waals surface area contributed by atoms with E-state index in [0.717, 1.165) is 66.7 Å². The van der Waals surface area contributed by atoms with Crippen molar-refractivity contribution in [3.8, 4) is 67.7 Å². The molecule has 0 aliphatic rings. The van der Waals surface area contributed by atoms with Crippen LogP contribution < -0.4 is 0 Å². The lowest BCUT2D eigenvalue weighted by atomic mass is 9.99. The van der Waals surface area contributed by atoms with Crippen molar-refractivity contribution in [3.05, 3.63) is 164 Å². The number of benzene rings is 6. The zero-order valence-electron chi connectivity index (χ0n) is 26.2. The van der Waals surface area contributed by atoms with Gasteiger partial charge in [-0.2, -0.15) is 0 Å². The van der Waals surface area contributed by atoms with Crippen LogP contribution in [-0.4, -0.2) is 24.9 Å². The molecule has 0 atom stereocenters. The van der Waals surface area contributed by atoms with Crippen molar-refractivity contribution < 1.29 is 4.42 Å². The van der Waals surface area contributed by atoms with Gasteiger partial charge in [-0.25, -0.2) is 24.9 Å². The van der Waals surface area contributed by atoms with E-state index in [9.17, 15) is 0 Å². The Morgan fingerprint density at radius 1 is 0.367 bits per heavy atom. The second kappa shape index (κ2) is 12.1. The fourth-order valence-electron chi connectivity index (χ4n) is 6.27. The predicted molar refractivity (Wildman–Crippen MR) is 195 cm³/mol. The van der Waals surface area contributed by atoms with Crippen molar-refractivity contribution in [2.45, 2.75) is 0 Å². The van der Waals surface area contributed by atoms with E-state index in [2.05, 4.69) is 59.6 Å². The highest BCUT2D eigenvalue weighted by atomic mass is 16.3. The van der Waals surface area contributed by atoms with Gasteiger partial charge in [0, 0.05) is 33.2 Å². The molecule has 0 aliphatic heterocycles. The largest absolute Gasteiger partial charge is 0.451 e. The lowest BCUT2D eigenvalue weighted by Crippen LogP contribution is -2.00. The summed E-state index contributed by atoms with van der Waals surface area (Å²) in [5.41, 5.74) is 10.9. The van der Waals surface area contributed by atoms with Crippen LogP contribution in [0.4, 0.5) is 0 Å². The van der Waals surface area contributed by atoms with Crippen molar-refractivity contribution in [2.75, 3.05) is 0 Å². The average molecular weight is 630 g/mol. The molecule has 0 radical (unpaired) electrons. The number of aromatic nitrogens is 5. The average Bonchev–Trinajstić information content (AvgIpc) is 3.58. The molecule has 230 valence electrons. The Labute approximate surface area is 282 Å². The van der Waals surface area contributed by atoms with Gasteiger partial charge < -0.3 is 4.42 Å². The molecule has 0 N–H and O–H groups in total. The number of fused-ring (bicyclic) bond motifs is 3.